The molecule has 0 radical (unpaired) electrons. The summed E-state index contributed by atoms with van der Waals surface area (Å²) >= 11 is 6.08. The standard InChI is InChI=1S/C22H21ClN4O4/c1-29-20-5-2-13(11-24-20)19-6-7-27-21(31-19)10-17(26-27)22(28)25-16-9-14-8-15(23)3-4-18(14)30-12-16/h2-5,8,10-11,16,19H,6-7,9,12H2,1H3,(H,25,28)/t16-,19?/m1/s1. The Morgan fingerprint density at radius 1 is 1.29 bits per heavy atom. The lowest BCUT2D eigenvalue weighted by Crippen LogP contribution is -2.42. The lowest BCUT2D eigenvalue weighted by Gasteiger charge is -2.26. The van der Waals surface area contributed by atoms with Crippen LogP contribution in [-0.2, 0) is 13.0 Å². The van der Waals surface area contributed by atoms with Crippen LogP contribution in [0, 0.1) is 0 Å². The number of benzene rings is 1. The summed E-state index contributed by atoms with van der Waals surface area (Å²) in [6, 6.07) is 10.8. The van der Waals surface area contributed by atoms with Crippen LogP contribution >= 0.6 is 11.6 Å². The largest absolute Gasteiger partial charge is 0.491 e. The third-order valence-corrected chi connectivity index (χ3v) is 5.68. The number of fused-ring (bicyclic) bond motifs is 2. The maximum Gasteiger partial charge on any atom is 0.272 e. The van der Waals surface area contributed by atoms with Crippen molar-refractivity contribution in [3.63, 3.8) is 0 Å². The van der Waals surface area contributed by atoms with Crippen LogP contribution in [0.4, 0.5) is 0 Å². The van der Waals surface area contributed by atoms with E-state index in [4.69, 9.17) is 25.8 Å². The molecule has 0 spiro atoms. The predicted octanol–water partition coefficient (Wildman–Crippen LogP) is 3.20. The van der Waals surface area contributed by atoms with Crippen molar-refractivity contribution in [3.8, 4) is 17.5 Å². The van der Waals surface area contributed by atoms with Crippen molar-refractivity contribution in [1.82, 2.24) is 20.1 Å². The van der Waals surface area contributed by atoms with Gasteiger partial charge >= 0.3 is 0 Å². The Labute approximate surface area is 184 Å². The fourth-order valence-corrected chi connectivity index (χ4v) is 4.06. The molecule has 2 aromatic heterocycles. The Bertz CT molecular complexity index is 1120. The predicted molar refractivity (Wildman–Crippen MR) is 113 cm³/mol. The monoisotopic (exact) mass is 440 g/mol. The molecular weight excluding hydrogens is 420 g/mol. The third-order valence-electron chi connectivity index (χ3n) is 5.45. The maximum absolute atomic E-state index is 12.8. The summed E-state index contributed by atoms with van der Waals surface area (Å²) in [4.78, 5) is 17.0. The molecule has 0 fully saturated rings. The van der Waals surface area contributed by atoms with Gasteiger partial charge in [-0.25, -0.2) is 9.67 Å². The van der Waals surface area contributed by atoms with Crippen LogP contribution in [0.5, 0.6) is 17.5 Å². The van der Waals surface area contributed by atoms with E-state index in [0.29, 0.717) is 42.0 Å². The third kappa shape index (κ3) is 4.03. The second kappa shape index (κ2) is 8.11. The lowest BCUT2D eigenvalue weighted by atomic mass is 10.0. The van der Waals surface area contributed by atoms with E-state index in [9.17, 15) is 4.79 Å². The van der Waals surface area contributed by atoms with Crippen molar-refractivity contribution in [2.45, 2.75) is 31.5 Å². The number of carbonyl (C=O) groups is 1. The van der Waals surface area contributed by atoms with Crippen molar-refractivity contribution in [3.05, 3.63) is 64.4 Å². The number of pyridine rings is 1. The van der Waals surface area contributed by atoms with Crippen molar-refractivity contribution in [2.75, 3.05) is 13.7 Å². The minimum absolute atomic E-state index is 0.147. The van der Waals surface area contributed by atoms with Crippen molar-refractivity contribution < 1.29 is 19.0 Å². The first kappa shape index (κ1) is 19.7. The molecule has 0 bridgehead atoms. The number of nitrogens with zero attached hydrogens (tertiary/aromatic N) is 3. The Hall–Kier alpha value is -3.26. The first-order chi connectivity index (χ1) is 15.1. The summed E-state index contributed by atoms with van der Waals surface area (Å²) in [7, 11) is 1.58. The number of halogens is 1. The topological polar surface area (TPSA) is 87.5 Å². The highest BCUT2D eigenvalue weighted by Crippen LogP contribution is 2.31. The van der Waals surface area contributed by atoms with Gasteiger partial charge in [0.1, 0.15) is 18.5 Å². The fraction of sp³-hybridized carbons (Fsp3) is 0.318. The van der Waals surface area contributed by atoms with Gasteiger partial charge in [0.2, 0.25) is 11.8 Å². The smallest absolute Gasteiger partial charge is 0.272 e. The van der Waals surface area contributed by atoms with Crippen LogP contribution in [0.3, 0.4) is 0 Å². The van der Waals surface area contributed by atoms with Gasteiger partial charge in [0.25, 0.3) is 5.91 Å². The van der Waals surface area contributed by atoms with Crippen molar-refractivity contribution >= 4 is 17.5 Å². The zero-order valence-electron chi connectivity index (χ0n) is 16.9. The molecule has 2 atom stereocenters. The summed E-state index contributed by atoms with van der Waals surface area (Å²) in [6.45, 7) is 1.05. The SMILES string of the molecule is COc1ccc(C2CCn3nc(C(=O)N[C@H]4COc5ccc(Cl)cc5C4)cc3O2)cn1. The average Bonchev–Trinajstić information content (AvgIpc) is 3.22. The summed E-state index contributed by atoms with van der Waals surface area (Å²) in [5.41, 5.74) is 2.25. The van der Waals surface area contributed by atoms with Crippen LogP contribution in [0.2, 0.25) is 5.02 Å². The minimum atomic E-state index is -0.257. The molecule has 1 amide bonds. The molecular formula is C22H21ClN4O4. The van der Waals surface area contributed by atoms with Crippen LogP contribution < -0.4 is 19.5 Å². The van der Waals surface area contributed by atoms with E-state index in [1.54, 1.807) is 36.2 Å². The van der Waals surface area contributed by atoms with Crippen molar-refractivity contribution in [2.24, 2.45) is 0 Å². The summed E-state index contributed by atoms with van der Waals surface area (Å²) < 4.78 is 18.6. The summed E-state index contributed by atoms with van der Waals surface area (Å²) in [5, 5.41) is 8.06. The lowest BCUT2D eigenvalue weighted by molar-refractivity contribution is 0.0909. The zero-order chi connectivity index (χ0) is 21.4. The first-order valence-corrected chi connectivity index (χ1v) is 10.4. The van der Waals surface area contributed by atoms with Crippen LogP contribution in [0.1, 0.15) is 34.1 Å². The molecule has 8 nitrogen and oxygen atoms in total. The normalized spacial score (nSPS) is 19.4. The highest BCUT2D eigenvalue weighted by molar-refractivity contribution is 6.30. The number of methoxy groups -OCH3 is 1. The quantitative estimate of drug-likeness (QED) is 0.670. The van der Waals surface area contributed by atoms with Gasteiger partial charge < -0.3 is 19.5 Å². The van der Waals surface area contributed by atoms with Gasteiger partial charge in [0, 0.05) is 41.9 Å². The maximum atomic E-state index is 12.8. The number of hydrogen-bond donors (Lipinski definition) is 1. The number of carbonyl (C=O) groups excluding carboxylic acids is 1. The molecule has 1 N–H and O–H groups in total. The number of aromatic nitrogens is 3. The second-order valence-corrected chi connectivity index (χ2v) is 7.99. The molecule has 1 aromatic carbocycles. The molecule has 5 rings (SSSR count). The molecule has 2 aliphatic heterocycles. The van der Waals surface area contributed by atoms with E-state index in [-0.39, 0.29) is 18.1 Å². The molecule has 2 aliphatic rings. The van der Waals surface area contributed by atoms with E-state index < -0.39 is 0 Å². The van der Waals surface area contributed by atoms with E-state index in [2.05, 4.69) is 15.4 Å². The van der Waals surface area contributed by atoms with Gasteiger partial charge in [-0.3, -0.25) is 4.79 Å². The molecule has 1 unspecified atom stereocenters. The first-order valence-electron chi connectivity index (χ1n) is 10.1. The number of amides is 1. The van der Waals surface area contributed by atoms with Gasteiger partial charge in [-0.2, -0.15) is 5.10 Å². The van der Waals surface area contributed by atoms with E-state index in [0.717, 1.165) is 23.3 Å². The Morgan fingerprint density at radius 2 is 2.19 bits per heavy atom. The van der Waals surface area contributed by atoms with Gasteiger partial charge in [-0.1, -0.05) is 11.6 Å². The molecule has 31 heavy (non-hydrogen) atoms. The van der Waals surface area contributed by atoms with Gasteiger partial charge in [0.15, 0.2) is 5.69 Å². The number of ether oxygens (including phenoxy) is 3. The van der Waals surface area contributed by atoms with Gasteiger partial charge in [-0.05, 0) is 36.2 Å². The van der Waals surface area contributed by atoms with Crippen LogP contribution in [0.15, 0.2) is 42.6 Å². The molecule has 0 saturated carbocycles. The minimum Gasteiger partial charge on any atom is -0.491 e. The highest BCUT2D eigenvalue weighted by Gasteiger charge is 2.27. The number of rotatable bonds is 4. The molecule has 4 heterocycles. The average molecular weight is 441 g/mol. The Balaban J connectivity index is 1.25. The van der Waals surface area contributed by atoms with Gasteiger partial charge in [-0.15, -0.1) is 0 Å². The number of hydrogen-bond acceptors (Lipinski definition) is 6. The Morgan fingerprint density at radius 3 is 3.00 bits per heavy atom. The Kier molecular flexibility index (Phi) is 5.15. The highest BCUT2D eigenvalue weighted by atomic mass is 35.5. The summed E-state index contributed by atoms with van der Waals surface area (Å²) in [5.74, 6) is 1.67. The van der Waals surface area contributed by atoms with E-state index in [1.165, 1.54) is 0 Å². The molecule has 0 saturated heterocycles. The van der Waals surface area contributed by atoms with Crippen molar-refractivity contribution in [1.29, 1.82) is 0 Å². The number of aryl methyl sites for hydroxylation is 1. The summed E-state index contributed by atoms with van der Waals surface area (Å²) in [6.07, 6.45) is 2.98. The molecule has 3 aromatic rings. The van der Waals surface area contributed by atoms with Gasteiger partial charge in [0.05, 0.1) is 13.2 Å². The molecule has 160 valence electrons. The van der Waals surface area contributed by atoms with E-state index in [1.807, 2.05) is 18.2 Å². The number of nitrogens with one attached hydrogen (secondary N) is 1. The molecule has 0 aliphatic carbocycles. The zero-order valence-corrected chi connectivity index (χ0v) is 17.6. The van der Waals surface area contributed by atoms with E-state index >= 15 is 0 Å². The van der Waals surface area contributed by atoms with Crippen LogP contribution in [0.25, 0.3) is 0 Å². The second-order valence-electron chi connectivity index (χ2n) is 7.56. The molecule has 9 heteroatoms. The van der Waals surface area contributed by atoms with Crippen LogP contribution in [-0.4, -0.2) is 40.4 Å². The fourth-order valence-electron chi connectivity index (χ4n) is 3.86.